The minimum absolute atomic E-state index is 0.0416. The summed E-state index contributed by atoms with van der Waals surface area (Å²) >= 11 is 1.23. The van der Waals surface area contributed by atoms with Crippen molar-refractivity contribution in [1.29, 1.82) is 0 Å². The largest absolute Gasteiger partial charge is 0.389 e. The molecule has 2 heterocycles. The van der Waals surface area contributed by atoms with Crippen molar-refractivity contribution in [3.8, 4) is 11.5 Å². The highest BCUT2D eigenvalue weighted by Gasteiger charge is 2.28. The predicted molar refractivity (Wildman–Crippen MR) is 64.1 cm³/mol. The molecule has 0 saturated carbocycles. The third-order valence-corrected chi connectivity index (χ3v) is 3.36. The van der Waals surface area contributed by atoms with Crippen molar-refractivity contribution in [3.05, 3.63) is 11.5 Å². The summed E-state index contributed by atoms with van der Waals surface area (Å²) in [6, 6.07) is 0. The third-order valence-electron chi connectivity index (χ3n) is 2.40. The monoisotopic (exact) mass is 292 g/mol. The molecule has 9 heteroatoms. The second kappa shape index (κ2) is 5.16. The molecular formula is C10H11F3N4OS. The van der Waals surface area contributed by atoms with E-state index in [1.54, 1.807) is 14.0 Å². The molecule has 0 saturated heterocycles. The molecule has 5 nitrogen and oxygen atoms in total. The zero-order valence-electron chi connectivity index (χ0n) is 10.2. The molecule has 0 amide bonds. The second-order valence-electron chi connectivity index (χ2n) is 3.85. The van der Waals surface area contributed by atoms with E-state index >= 15 is 0 Å². The molecule has 104 valence electrons. The molecular weight excluding hydrogens is 281 g/mol. The first-order valence-electron chi connectivity index (χ1n) is 5.44. The maximum absolute atomic E-state index is 12.1. The van der Waals surface area contributed by atoms with Gasteiger partial charge in [-0.1, -0.05) is 5.16 Å². The molecule has 1 N–H and O–H groups in total. The lowest BCUT2D eigenvalue weighted by Crippen LogP contribution is -2.09. The van der Waals surface area contributed by atoms with Crippen LogP contribution in [-0.4, -0.2) is 27.7 Å². The van der Waals surface area contributed by atoms with E-state index in [4.69, 9.17) is 4.52 Å². The van der Waals surface area contributed by atoms with Crippen LogP contribution in [0.4, 0.5) is 18.2 Å². The average Bonchev–Trinajstić information content (AvgIpc) is 2.91. The van der Waals surface area contributed by atoms with Crippen LogP contribution >= 0.6 is 11.5 Å². The lowest BCUT2D eigenvalue weighted by Gasteiger charge is -2.01. The van der Waals surface area contributed by atoms with Gasteiger partial charge in [-0.25, -0.2) is 0 Å². The summed E-state index contributed by atoms with van der Waals surface area (Å²) in [6.45, 7) is 1.77. The van der Waals surface area contributed by atoms with Gasteiger partial charge in [0.15, 0.2) is 5.82 Å². The maximum atomic E-state index is 12.1. The Morgan fingerprint density at radius 1 is 1.37 bits per heavy atom. The van der Waals surface area contributed by atoms with Gasteiger partial charge in [-0.2, -0.15) is 22.5 Å². The van der Waals surface area contributed by atoms with Crippen LogP contribution in [0.2, 0.25) is 0 Å². The fraction of sp³-hybridized carbons (Fsp3) is 0.500. The van der Waals surface area contributed by atoms with Crippen LogP contribution < -0.4 is 5.32 Å². The molecule has 0 aromatic carbocycles. The molecule has 2 aromatic heterocycles. The first-order valence-corrected chi connectivity index (χ1v) is 6.22. The number of hydrogen-bond donors (Lipinski definition) is 1. The van der Waals surface area contributed by atoms with Crippen LogP contribution in [0.5, 0.6) is 0 Å². The van der Waals surface area contributed by atoms with Crippen molar-refractivity contribution >= 4 is 16.5 Å². The highest BCUT2D eigenvalue weighted by molar-refractivity contribution is 7.10. The second-order valence-corrected chi connectivity index (χ2v) is 4.63. The van der Waals surface area contributed by atoms with Crippen molar-refractivity contribution in [2.24, 2.45) is 0 Å². The van der Waals surface area contributed by atoms with E-state index < -0.39 is 12.6 Å². The van der Waals surface area contributed by atoms with E-state index in [9.17, 15) is 13.2 Å². The number of anilines is 1. The summed E-state index contributed by atoms with van der Waals surface area (Å²) in [6.07, 6.45) is -5.49. The molecule has 0 fully saturated rings. The van der Waals surface area contributed by atoms with Gasteiger partial charge in [0.25, 0.3) is 5.89 Å². The molecule has 2 aromatic rings. The van der Waals surface area contributed by atoms with Gasteiger partial charge in [-0.3, -0.25) is 0 Å². The van der Waals surface area contributed by atoms with Gasteiger partial charge in [0, 0.05) is 13.5 Å². The summed E-state index contributed by atoms with van der Waals surface area (Å²) in [4.78, 5) is 3.97. The smallest absolute Gasteiger partial charge is 0.378 e. The van der Waals surface area contributed by atoms with Gasteiger partial charge in [0.2, 0.25) is 0 Å². The van der Waals surface area contributed by atoms with Crippen molar-refractivity contribution in [2.75, 3.05) is 12.4 Å². The molecule has 0 unspecified atom stereocenters. The Labute approximate surface area is 111 Å². The molecule has 0 aliphatic rings. The van der Waals surface area contributed by atoms with Crippen LogP contribution in [0.15, 0.2) is 4.52 Å². The van der Waals surface area contributed by atoms with Crippen LogP contribution in [0, 0.1) is 6.92 Å². The normalized spacial score (nSPS) is 11.8. The molecule has 0 aliphatic heterocycles. The number of aromatic nitrogens is 3. The number of aryl methyl sites for hydroxylation is 2. The van der Waals surface area contributed by atoms with Crippen LogP contribution in [0.1, 0.15) is 17.9 Å². The van der Waals surface area contributed by atoms with Gasteiger partial charge in [0.1, 0.15) is 5.00 Å². The molecule has 0 radical (unpaired) electrons. The molecule has 0 aliphatic carbocycles. The van der Waals surface area contributed by atoms with Crippen LogP contribution in [0.3, 0.4) is 0 Å². The Bertz CT molecular complexity index is 563. The third kappa shape index (κ3) is 3.22. The fourth-order valence-corrected chi connectivity index (χ4v) is 2.24. The van der Waals surface area contributed by atoms with E-state index in [1.807, 2.05) is 0 Å². The van der Waals surface area contributed by atoms with E-state index in [2.05, 4.69) is 19.8 Å². The molecule has 19 heavy (non-hydrogen) atoms. The lowest BCUT2D eigenvalue weighted by molar-refractivity contribution is -0.134. The van der Waals surface area contributed by atoms with Crippen molar-refractivity contribution in [1.82, 2.24) is 14.5 Å². The molecule has 0 atom stereocenters. The number of halogens is 3. The first kappa shape index (κ1) is 13.8. The molecule has 2 rings (SSSR count). The fourth-order valence-electron chi connectivity index (χ4n) is 1.50. The minimum Gasteiger partial charge on any atom is -0.378 e. The van der Waals surface area contributed by atoms with Gasteiger partial charge < -0.3 is 9.84 Å². The van der Waals surface area contributed by atoms with Crippen LogP contribution in [0.25, 0.3) is 11.5 Å². The Balaban J connectivity index is 2.19. The Hall–Kier alpha value is -1.64. The number of nitrogens with zero attached hydrogens (tertiary/aromatic N) is 3. The van der Waals surface area contributed by atoms with E-state index in [0.29, 0.717) is 11.3 Å². The van der Waals surface area contributed by atoms with Gasteiger partial charge >= 0.3 is 6.18 Å². The summed E-state index contributed by atoms with van der Waals surface area (Å²) in [5, 5.41) is 7.22. The molecule has 0 spiro atoms. The zero-order chi connectivity index (χ0) is 14.0. The van der Waals surface area contributed by atoms with Gasteiger partial charge in [-0.05, 0) is 18.5 Å². The predicted octanol–water partition coefficient (Wildman–Crippen LogP) is 3.04. The summed E-state index contributed by atoms with van der Waals surface area (Å²) in [5.74, 6) is 0.229. The minimum atomic E-state index is -4.23. The van der Waals surface area contributed by atoms with Crippen molar-refractivity contribution in [3.63, 3.8) is 0 Å². The van der Waals surface area contributed by atoms with Crippen LogP contribution in [-0.2, 0) is 6.42 Å². The van der Waals surface area contributed by atoms with Crippen molar-refractivity contribution < 1.29 is 17.7 Å². The Kier molecular flexibility index (Phi) is 3.74. The van der Waals surface area contributed by atoms with Crippen molar-refractivity contribution in [2.45, 2.75) is 25.9 Å². The first-order chi connectivity index (χ1) is 8.90. The molecule has 0 bridgehead atoms. The lowest BCUT2D eigenvalue weighted by atomic mass is 10.2. The number of rotatable bonds is 4. The maximum Gasteiger partial charge on any atom is 0.389 e. The van der Waals surface area contributed by atoms with E-state index in [-0.39, 0.29) is 18.1 Å². The number of hydrogen-bond acceptors (Lipinski definition) is 6. The highest BCUT2D eigenvalue weighted by Crippen LogP contribution is 2.33. The highest BCUT2D eigenvalue weighted by atomic mass is 32.1. The Morgan fingerprint density at radius 3 is 2.74 bits per heavy atom. The SMILES string of the molecule is CNc1snc(C)c1-c1nc(CCC(F)(F)F)no1. The summed E-state index contributed by atoms with van der Waals surface area (Å²) in [7, 11) is 1.72. The topological polar surface area (TPSA) is 63.8 Å². The average molecular weight is 292 g/mol. The summed E-state index contributed by atoms with van der Waals surface area (Å²) < 4.78 is 45.4. The van der Waals surface area contributed by atoms with E-state index in [0.717, 1.165) is 5.00 Å². The van der Waals surface area contributed by atoms with E-state index in [1.165, 1.54) is 11.5 Å². The number of nitrogens with one attached hydrogen (secondary N) is 1. The van der Waals surface area contributed by atoms with Gasteiger partial charge in [0.05, 0.1) is 17.7 Å². The zero-order valence-corrected chi connectivity index (χ0v) is 11.0. The quantitative estimate of drug-likeness (QED) is 0.938. The summed E-state index contributed by atoms with van der Waals surface area (Å²) in [5.41, 5.74) is 1.33. The standard InChI is InChI=1S/C10H11F3N4OS/c1-5-7(9(14-2)19-17-5)8-15-6(16-18-8)3-4-10(11,12)13/h14H,3-4H2,1-2H3. The Morgan fingerprint density at radius 2 is 2.11 bits per heavy atom. The van der Waals surface area contributed by atoms with Gasteiger partial charge in [-0.15, -0.1) is 0 Å². The number of alkyl halides is 3.